The zero-order valence-electron chi connectivity index (χ0n) is 36.3. The van der Waals surface area contributed by atoms with Gasteiger partial charge in [0.1, 0.15) is 35.4 Å². The number of fused-ring (bicyclic) bond motifs is 1. The Labute approximate surface area is 346 Å². The van der Waals surface area contributed by atoms with Crippen LogP contribution in [0, 0.1) is 39.7 Å². The molecule has 4 fully saturated rings. The fraction of sp³-hybridized carbons (Fsp3) is 0.810. The maximum absolute atomic E-state index is 14.2. The Morgan fingerprint density at radius 3 is 2.12 bits per heavy atom. The highest BCUT2D eigenvalue weighted by molar-refractivity contribution is 5.84. The zero-order valence-corrected chi connectivity index (χ0v) is 36.3. The summed E-state index contributed by atoms with van der Waals surface area (Å²) in [6.45, 7) is 15.2. The van der Waals surface area contributed by atoms with Gasteiger partial charge in [0.2, 0.25) is 0 Å². The van der Waals surface area contributed by atoms with Crippen LogP contribution in [0.4, 0.5) is 11.4 Å². The summed E-state index contributed by atoms with van der Waals surface area (Å²) >= 11 is 0. The molecule has 1 saturated carbocycles. The summed E-state index contributed by atoms with van der Waals surface area (Å²) in [5.41, 5.74) is -4.16. The second-order valence-electron chi connectivity index (χ2n) is 18.0. The summed E-state index contributed by atoms with van der Waals surface area (Å²) in [4.78, 5) is 41.4. The molecule has 1 aromatic carbocycles. The van der Waals surface area contributed by atoms with Gasteiger partial charge in [-0.1, -0.05) is 39.8 Å². The Morgan fingerprint density at radius 2 is 1.51 bits per heavy atom. The number of benzene rings is 1. The van der Waals surface area contributed by atoms with Crippen molar-refractivity contribution in [2.45, 2.75) is 166 Å². The van der Waals surface area contributed by atoms with Gasteiger partial charge in [0.05, 0.1) is 58.6 Å². The van der Waals surface area contributed by atoms with Crippen molar-refractivity contribution in [2.24, 2.45) is 29.6 Å². The molecule has 3 aliphatic heterocycles. The lowest BCUT2D eigenvalue weighted by atomic mass is 9.75. The van der Waals surface area contributed by atoms with E-state index in [-0.39, 0.29) is 24.3 Å². The normalized spacial score (nSPS) is 46.1. The number of likely N-dealkylation sites (N-methyl/N-ethyl adjacent to an activating group) is 1. The molecule has 0 spiro atoms. The number of ether oxygens (including phenoxy) is 7. The number of nitro groups is 1. The molecule has 59 heavy (non-hydrogen) atoms. The molecule has 17 heteroatoms. The molecule has 0 amide bonds. The van der Waals surface area contributed by atoms with Crippen LogP contribution in [-0.4, -0.2) is 143 Å². The van der Waals surface area contributed by atoms with E-state index in [0.717, 1.165) is 0 Å². The van der Waals surface area contributed by atoms with Crippen LogP contribution in [0.2, 0.25) is 0 Å². The Hall–Kier alpha value is -2.84. The van der Waals surface area contributed by atoms with Crippen LogP contribution in [0.25, 0.3) is 0 Å². The van der Waals surface area contributed by atoms with Crippen molar-refractivity contribution in [3.8, 4) is 0 Å². The van der Waals surface area contributed by atoms with Gasteiger partial charge in [-0.2, -0.15) is 0 Å². The number of carbonyl (C=O) groups excluding carboxylic acids is 2. The number of nitro benzene ring substituents is 1. The van der Waals surface area contributed by atoms with Crippen LogP contribution in [-0.2, 0) is 42.7 Å². The molecule has 19 atom stereocenters. The van der Waals surface area contributed by atoms with E-state index < -0.39 is 125 Å². The summed E-state index contributed by atoms with van der Waals surface area (Å²) < 4.78 is 44.0. The number of anilines is 1. The number of hydrogen-bond donors (Lipinski definition) is 4. The minimum absolute atomic E-state index is 0.0279. The van der Waals surface area contributed by atoms with E-state index >= 15 is 0 Å². The van der Waals surface area contributed by atoms with Crippen LogP contribution in [0.3, 0.4) is 0 Å². The molecule has 0 radical (unpaired) electrons. The lowest BCUT2D eigenvalue weighted by molar-refractivity contribution is -0.384. The van der Waals surface area contributed by atoms with Crippen molar-refractivity contribution in [2.75, 3.05) is 26.2 Å². The van der Waals surface area contributed by atoms with Crippen LogP contribution in [0.15, 0.2) is 24.3 Å². The molecular weight excluding hydrogens is 772 g/mol. The van der Waals surface area contributed by atoms with E-state index in [1.54, 1.807) is 85.5 Å². The molecular formula is C42H66N2O15. The number of nitrogens with zero attached hydrogens (tertiary/aromatic N) is 2. The largest absolute Gasteiger partial charge is 0.458 e. The number of hydrogen-bond acceptors (Lipinski definition) is 16. The minimum Gasteiger partial charge on any atom is -0.458 e. The Balaban J connectivity index is 1.59. The first-order valence-electron chi connectivity index (χ1n) is 20.7. The second-order valence-corrected chi connectivity index (χ2v) is 18.0. The molecule has 3 heterocycles. The van der Waals surface area contributed by atoms with Gasteiger partial charge in [-0.3, -0.25) is 19.7 Å². The highest BCUT2D eigenvalue weighted by atomic mass is 16.7. The minimum atomic E-state index is -1.86. The molecule has 0 bridgehead atoms. The third-order valence-electron chi connectivity index (χ3n) is 13.9. The molecule has 17 nitrogen and oxygen atoms in total. The van der Waals surface area contributed by atoms with Crippen LogP contribution in [0.5, 0.6) is 0 Å². The van der Waals surface area contributed by atoms with E-state index in [1.807, 2.05) is 0 Å². The van der Waals surface area contributed by atoms with E-state index in [0.29, 0.717) is 12.1 Å². The standard InChI is InChI=1S/C42H66N2O15/c1-20-18-41(9,54-12)36(59-39-32(46)29(17-21(2)55-39)43(10)27-15-13-14-16-28(27)44(51)52)23(4)33(57-30-19-40(8,53-11)35(48)26(7)56-30)24(5)38(49)58-37-25(6)42(37,50)34(47)22(3)31(20)45/h13-16,20-26,29-30,32-37,39,46-48,50H,17-19H2,1-12H3/t20-,21-,22?,23+,24-,25?,26+,29+,30+,32-,33+,34-,35+,36-,37-,39+,40-,41+,42+/m1/s1. The Morgan fingerprint density at radius 1 is 0.881 bits per heavy atom. The van der Waals surface area contributed by atoms with Gasteiger partial charge in [0.25, 0.3) is 5.69 Å². The zero-order chi connectivity index (χ0) is 44.1. The molecule has 0 aromatic heterocycles. The lowest BCUT2D eigenvalue weighted by Gasteiger charge is -2.49. The van der Waals surface area contributed by atoms with Crippen molar-refractivity contribution in [3.63, 3.8) is 0 Å². The van der Waals surface area contributed by atoms with Crippen LogP contribution in [0.1, 0.15) is 81.6 Å². The van der Waals surface area contributed by atoms with E-state index in [9.17, 15) is 40.1 Å². The molecule has 2 unspecified atom stereocenters. The van der Waals surface area contributed by atoms with Gasteiger partial charge in [0.15, 0.2) is 12.6 Å². The highest BCUT2D eigenvalue weighted by Gasteiger charge is 2.70. The fourth-order valence-electron chi connectivity index (χ4n) is 9.79. The predicted octanol–water partition coefficient (Wildman–Crippen LogP) is 3.14. The van der Waals surface area contributed by atoms with Gasteiger partial charge >= 0.3 is 5.97 Å². The quantitative estimate of drug-likeness (QED) is 0.159. The summed E-state index contributed by atoms with van der Waals surface area (Å²) in [5.74, 6) is -5.50. The Kier molecular flexibility index (Phi) is 14.3. The van der Waals surface area contributed by atoms with Crippen molar-refractivity contribution < 1.29 is 68.1 Å². The van der Waals surface area contributed by atoms with Gasteiger partial charge < -0.3 is 58.5 Å². The molecule has 4 aliphatic rings. The fourth-order valence-corrected chi connectivity index (χ4v) is 9.79. The van der Waals surface area contributed by atoms with Crippen LogP contribution >= 0.6 is 0 Å². The Bertz CT molecular complexity index is 1670. The number of esters is 1. The monoisotopic (exact) mass is 838 g/mol. The maximum atomic E-state index is 14.2. The van der Waals surface area contributed by atoms with Gasteiger partial charge in [0, 0.05) is 57.4 Å². The number of para-hydroxylation sites is 2. The first kappa shape index (κ1) is 47.2. The van der Waals surface area contributed by atoms with E-state index in [4.69, 9.17) is 33.2 Å². The third-order valence-corrected chi connectivity index (χ3v) is 13.9. The number of aliphatic hydroxyl groups is 4. The summed E-state index contributed by atoms with van der Waals surface area (Å²) in [5, 5.41) is 58.1. The van der Waals surface area contributed by atoms with E-state index in [2.05, 4.69) is 0 Å². The van der Waals surface area contributed by atoms with Crippen molar-refractivity contribution in [3.05, 3.63) is 34.4 Å². The summed E-state index contributed by atoms with van der Waals surface area (Å²) in [6, 6.07) is 5.52. The number of carbonyl (C=O) groups is 2. The number of ketones is 1. The first-order valence-corrected chi connectivity index (χ1v) is 20.7. The molecule has 1 aliphatic carbocycles. The molecule has 5 rings (SSSR count). The number of methoxy groups -OCH3 is 2. The van der Waals surface area contributed by atoms with Crippen molar-refractivity contribution in [1.82, 2.24) is 0 Å². The van der Waals surface area contributed by atoms with E-state index in [1.165, 1.54) is 27.2 Å². The molecule has 1 aromatic rings. The topological polar surface area (TPSA) is 226 Å². The van der Waals surface area contributed by atoms with Crippen molar-refractivity contribution >= 4 is 23.1 Å². The smallest absolute Gasteiger partial charge is 0.311 e. The average molecular weight is 839 g/mol. The number of rotatable bonds is 9. The lowest BCUT2D eigenvalue weighted by Crippen LogP contribution is -2.61. The first-order chi connectivity index (χ1) is 27.5. The predicted molar refractivity (Wildman–Crippen MR) is 212 cm³/mol. The van der Waals surface area contributed by atoms with Crippen molar-refractivity contribution in [1.29, 1.82) is 0 Å². The van der Waals surface area contributed by atoms with Crippen LogP contribution < -0.4 is 4.90 Å². The molecule has 3 saturated heterocycles. The number of Topliss-reactive ketones (excluding diaryl/α,β-unsaturated/α-hetero) is 1. The van der Waals surface area contributed by atoms with Gasteiger partial charge in [-0.05, 0) is 53.5 Å². The SMILES string of the molecule is CO[C@]1(C)C[C@H](O[C@H]2[C@H](C)[C@@H](O[C@@H]3O[C@H](C)C[C@H](N(C)c4ccccc4[N+](=O)[O-])[C@H]3O)[C@@](C)(OC)C[C@@H](C)C(=O)C(C)[C@@H](O)[C@@]3(O)C(C)[C@H]3OC(=O)[C@@H]2C)O[C@@H](C)[C@@H]1O. The van der Waals surface area contributed by atoms with Gasteiger partial charge in [-0.15, -0.1) is 0 Å². The summed E-state index contributed by atoms with van der Waals surface area (Å²) in [6.07, 6.45) is -10.4. The summed E-state index contributed by atoms with van der Waals surface area (Å²) in [7, 11) is 4.59. The number of aliphatic hydroxyl groups excluding tert-OH is 3. The molecule has 334 valence electrons. The average Bonchev–Trinajstić information content (AvgIpc) is 3.73. The third kappa shape index (κ3) is 8.92. The second kappa shape index (κ2) is 17.9. The maximum Gasteiger partial charge on any atom is 0.311 e. The highest BCUT2D eigenvalue weighted by Crippen LogP contribution is 2.52. The van der Waals surface area contributed by atoms with Gasteiger partial charge in [-0.25, -0.2) is 0 Å². The molecule has 4 N–H and O–H groups in total.